The maximum absolute atomic E-state index is 12.3. The highest BCUT2D eigenvalue weighted by Crippen LogP contribution is 2.25. The quantitative estimate of drug-likeness (QED) is 0.412. The first-order valence-corrected chi connectivity index (χ1v) is 9.03. The minimum absolute atomic E-state index is 0.0324. The van der Waals surface area contributed by atoms with Crippen LogP contribution in [0.15, 0.2) is 59.5 Å². The molecule has 0 saturated carbocycles. The number of sulfonamides is 1. The highest BCUT2D eigenvalue weighted by Gasteiger charge is 2.21. The summed E-state index contributed by atoms with van der Waals surface area (Å²) in [5, 5.41) is 9.63. The lowest BCUT2D eigenvalue weighted by Gasteiger charge is -2.12. The number of fused-ring (bicyclic) bond motifs is 1. The Morgan fingerprint density at radius 1 is 1.12 bits per heavy atom. The third kappa shape index (κ3) is 3.55. The number of carbonyl (C=O) groups is 1. The summed E-state index contributed by atoms with van der Waals surface area (Å²) in [6, 6.07) is 15.1. The monoisotopic (exact) mass is 359 g/mol. The number of hydrogen-bond donors (Lipinski definition) is 4. The molecule has 0 fully saturated rings. The Balaban J connectivity index is 1.85. The van der Waals surface area contributed by atoms with Crippen molar-refractivity contribution in [2.45, 2.75) is 17.9 Å². The predicted octanol–water partition coefficient (Wildman–Crippen LogP) is 2.01. The molecule has 7 nitrogen and oxygen atoms in total. The molecule has 0 aliphatic rings. The van der Waals surface area contributed by atoms with Gasteiger partial charge in [-0.1, -0.05) is 30.3 Å². The average Bonchev–Trinajstić information content (AvgIpc) is 3.05. The van der Waals surface area contributed by atoms with Crippen molar-refractivity contribution < 1.29 is 18.4 Å². The second kappa shape index (κ2) is 6.67. The summed E-state index contributed by atoms with van der Waals surface area (Å²) in [6.45, 7) is 1.34. The molecule has 25 heavy (non-hydrogen) atoms. The number of para-hydroxylation sites is 1. The first-order valence-electron chi connectivity index (χ1n) is 7.55. The molecule has 8 heteroatoms. The van der Waals surface area contributed by atoms with Gasteiger partial charge in [-0.2, -0.15) is 4.72 Å². The summed E-state index contributed by atoms with van der Waals surface area (Å²) in [5.74, 6) is -0.835. The molecule has 0 saturated heterocycles. The summed E-state index contributed by atoms with van der Waals surface area (Å²) in [7, 11) is -3.87. The van der Waals surface area contributed by atoms with Crippen molar-refractivity contribution in [2.24, 2.45) is 0 Å². The van der Waals surface area contributed by atoms with E-state index in [1.165, 1.54) is 24.5 Å². The molecule has 130 valence electrons. The van der Waals surface area contributed by atoms with Gasteiger partial charge in [0.05, 0.1) is 4.90 Å². The molecule has 4 N–H and O–H groups in total. The second-order valence-electron chi connectivity index (χ2n) is 5.61. The van der Waals surface area contributed by atoms with Gasteiger partial charge >= 0.3 is 0 Å². The molecule has 1 amide bonds. The summed E-state index contributed by atoms with van der Waals surface area (Å²) >= 11 is 0. The number of amides is 1. The van der Waals surface area contributed by atoms with E-state index in [0.717, 1.165) is 22.2 Å². The molecule has 0 unspecified atom stereocenters. The molecule has 0 spiro atoms. The molecule has 0 aliphatic carbocycles. The number of carbonyl (C=O) groups excluding carboxylic acids is 1. The Morgan fingerprint density at radius 2 is 1.80 bits per heavy atom. The van der Waals surface area contributed by atoms with E-state index in [4.69, 9.17) is 5.21 Å². The van der Waals surface area contributed by atoms with E-state index >= 15 is 0 Å². The van der Waals surface area contributed by atoms with Crippen LogP contribution in [0.4, 0.5) is 0 Å². The Bertz CT molecular complexity index is 977. The third-order valence-electron chi connectivity index (χ3n) is 3.84. The molecule has 1 atom stereocenters. The van der Waals surface area contributed by atoms with Gasteiger partial charge in [-0.3, -0.25) is 10.0 Å². The SMILES string of the molecule is C[C@@H](NS(=O)(=O)c1ccc(-c2cc3ccccc3[nH]2)cc1)C(=O)NO. The van der Waals surface area contributed by atoms with Crippen molar-refractivity contribution in [1.82, 2.24) is 15.2 Å². The van der Waals surface area contributed by atoms with Crippen LogP contribution in [0.3, 0.4) is 0 Å². The fourth-order valence-corrected chi connectivity index (χ4v) is 3.70. The predicted molar refractivity (Wildman–Crippen MR) is 93.4 cm³/mol. The summed E-state index contributed by atoms with van der Waals surface area (Å²) in [6.07, 6.45) is 0. The standard InChI is InChI=1S/C17H17N3O4S/c1-11(17(21)19-22)20-25(23,24)14-8-6-12(7-9-14)16-10-13-4-2-3-5-15(13)18-16/h2-11,18,20,22H,1H3,(H,19,21)/t11-/m1/s1. The van der Waals surface area contributed by atoms with Gasteiger partial charge in [-0.15, -0.1) is 0 Å². The summed E-state index contributed by atoms with van der Waals surface area (Å²) in [5.41, 5.74) is 4.14. The number of hydroxylamine groups is 1. The van der Waals surface area contributed by atoms with E-state index in [1.54, 1.807) is 12.1 Å². The van der Waals surface area contributed by atoms with Crippen LogP contribution in [0.5, 0.6) is 0 Å². The maximum atomic E-state index is 12.3. The Labute approximate surface area is 144 Å². The van der Waals surface area contributed by atoms with Gasteiger partial charge < -0.3 is 4.98 Å². The number of benzene rings is 2. The average molecular weight is 359 g/mol. The molecular weight excluding hydrogens is 342 g/mol. The zero-order valence-corrected chi connectivity index (χ0v) is 14.2. The van der Waals surface area contributed by atoms with Crippen LogP contribution in [-0.2, 0) is 14.8 Å². The van der Waals surface area contributed by atoms with Crippen LogP contribution in [-0.4, -0.2) is 30.6 Å². The second-order valence-corrected chi connectivity index (χ2v) is 7.33. The van der Waals surface area contributed by atoms with Crippen molar-refractivity contribution in [3.8, 4) is 11.3 Å². The minimum atomic E-state index is -3.87. The number of aromatic nitrogens is 1. The lowest BCUT2D eigenvalue weighted by atomic mass is 10.1. The first kappa shape index (κ1) is 17.2. The number of rotatable bonds is 5. The molecule has 3 rings (SSSR count). The van der Waals surface area contributed by atoms with E-state index in [1.807, 2.05) is 30.3 Å². The fraction of sp³-hybridized carbons (Fsp3) is 0.118. The zero-order chi connectivity index (χ0) is 18.0. The number of nitrogens with one attached hydrogen (secondary N) is 3. The fourth-order valence-electron chi connectivity index (χ4n) is 2.49. The highest BCUT2D eigenvalue weighted by atomic mass is 32.2. The molecule has 0 aliphatic heterocycles. The molecule has 3 aromatic rings. The number of H-pyrrole nitrogens is 1. The van der Waals surface area contributed by atoms with E-state index in [2.05, 4.69) is 9.71 Å². The van der Waals surface area contributed by atoms with Gasteiger partial charge in [-0.25, -0.2) is 13.9 Å². The van der Waals surface area contributed by atoms with Crippen LogP contribution >= 0.6 is 0 Å². The van der Waals surface area contributed by atoms with Crippen LogP contribution in [0.25, 0.3) is 22.2 Å². The van der Waals surface area contributed by atoms with Gasteiger partial charge in [0.15, 0.2) is 0 Å². The smallest absolute Gasteiger partial charge is 0.261 e. The zero-order valence-electron chi connectivity index (χ0n) is 13.4. The van der Waals surface area contributed by atoms with E-state index in [0.29, 0.717) is 0 Å². The topological polar surface area (TPSA) is 111 Å². The van der Waals surface area contributed by atoms with Gasteiger partial charge in [-0.05, 0) is 36.8 Å². The van der Waals surface area contributed by atoms with Gasteiger partial charge in [0.2, 0.25) is 10.0 Å². The van der Waals surface area contributed by atoms with Crippen LogP contribution < -0.4 is 10.2 Å². The van der Waals surface area contributed by atoms with Gasteiger partial charge in [0, 0.05) is 16.6 Å². The van der Waals surface area contributed by atoms with E-state index in [-0.39, 0.29) is 4.90 Å². The van der Waals surface area contributed by atoms with Crippen LogP contribution in [0.2, 0.25) is 0 Å². The molecule has 0 radical (unpaired) electrons. The molecule has 0 bridgehead atoms. The van der Waals surface area contributed by atoms with Gasteiger partial charge in [0.1, 0.15) is 6.04 Å². The minimum Gasteiger partial charge on any atom is -0.355 e. The van der Waals surface area contributed by atoms with E-state index < -0.39 is 22.0 Å². The van der Waals surface area contributed by atoms with Crippen molar-refractivity contribution in [2.75, 3.05) is 0 Å². The Hall–Kier alpha value is -2.68. The van der Waals surface area contributed by atoms with Gasteiger partial charge in [0.25, 0.3) is 5.91 Å². The van der Waals surface area contributed by atoms with Crippen molar-refractivity contribution >= 4 is 26.8 Å². The summed E-state index contributed by atoms with van der Waals surface area (Å²) < 4.78 is 26.7. The highest BCUT2D eigenvalue weighted by molar-refractivity contribution is 7.89. The van der Waals surface area contributed by atoms with Crippen LogP contribution in [0.1, 0.15) is 6.92 Å². The molecule has 2 aromatic carbocycles. The van der Waals surface area contributed by atoms with E-state index in [9.17, 15) is 13.2 Å². The molecular formula is C17H17N3O4S. The number of hydrogen-bond acceptors (Lipinski definition) is 4. The normalized spacial score (nSPS) is 12.9. The Kier molecular flexibility index (Phi) is 4.58. The summed E-state index contributed by atoms with van der Waals surface area (Å²) in [4.78, 5) is 14.6. The van der Waals surface area contributed by atoms with Crippen LogP contribution in [0, 0.1) is 0 Å². The lowest BCUT2D eigenvalue weighted by molar-refractivity contribution is -0.130. The van der Waals surface area contributed by atoms with Crippen molar-refractivity contribution in [1.29, 1.82) is 0 Å². The third-order valence-corrected chi connectivity index (χ3v) is 5.40. The maximum Gasteiger partial charge on any atom is 0.261 e. The lowest BCUT2D eigenvalue weighted by Crippen LogP contribution is -2.43. The Morgan fingerprint density at radius 3 is 2.44 bits per heavy atom. The van der Waals surface area contributed by atoms with Crippen molar-refractivity contribution in [3.05, 3.63) is 54.6 Å². The van der Waals surface area contributed by atoms with Crippen molar-refractivity contribution in [3.63, 3.8) is 0 Å². The first-order chi connectivity index (χ1) is 11.9. The molecule has 1 heterocycles. The molecule has 1 aromatic heterocycles. The largest absolute Gasteiger partial charge is 0.355 e. The number of aromatic amines is 1.